The predicted octanol–water partition coefficient (Wildman–Crippen LogP) is 2.93. The SMILES string of the molecule is CCNC(=O)Cn1cc(CNC(C)C)c2ccc(Cl)cc21. The van der Waals surface area contributed by atoms with Crippen LogP contribution in [0.5, 0.6) is 0 Å². The average Bonchev–Trinajstić information content (AvgIpc) is 2.74. The van der Waals surface area contributed by atoms with Crippen molar-refractivity contribution in [2.75, 3.05) is 6.54 Å². The number of benzene rings is 1. The first kappa shape index (κ1) is 15.9. The lowest BCUT2D eigenvalue weighted by Gasteiger charge is -2.06. The highest BCUT2D eigenvalue weighted by Crippen LogP contribution is 2.25. The summed E-state index contributed by atoms with van der Waals surface area (Å²) in [6.07, 6.45) is 2.03. The highest BCUT2D eigenvalue weighted by Gasteiger charge is 2.11. The second-order valence-electron chi connectivity index (χ2n) is 5.43. The van der Waals surface area contributed by atoms with Crippen LogP contribution in [0.25, 0.3) is 10.9 Å². The number of halogens is 1. The maximum atomic E-state index is 11.8. The molecule has 21 heavy (non-hydrogen) atoms. The first-order valence-corrected chi connectivity index (χ1v) is 7.66. The summed E-state index contributed by atoms with van der Waals surface area (Å²) in [4.78, 5) is 11.8. The minimum absolute atomic E-state index is 0.0118. The molecule has 0 saturated heterocycles. The van der Waals surface area contributed by atoms with Gasteiger partial charge in [-0.1, -0.05) is 31.5 Å². The average molecular weight is 308 g/mol. The van der Waals surface area contributed by atoms with Crippen LogP contribution < -0.4 is 10.6 Å². The minimum Gasteiger partial charge on any atom is -0.355 e. The van der Waals surface area contributed by atoms with Crippen molar-refractivity contribution >= 4 is 28.4 Å². The lowest BCUT2D eigenvalue weighted by Crippen LogP contribution is -2.26. The number of amides is 1. The first-order valence-electron chi connectivity index (χ1n) is 7.28. The van der Waals surface area contributed by atoms with Crippen molar-refractivity contribution < 1.29 is 4.79 Å². The van der Waals surface area contributed by atoms with E-state index in [0.717, 1.165) is 17.4 Å². The second-order valence-corrected chi connectivity index (χ2v) is 5.87. The van der Waals surface area contributed by atoms with E-state index in [-0.39, 0.29) is 5.91 Å². The predicted molar refractivity (Wildman–Crippen MR) is 87.6 cm³/mol. The molecule has 0 fully saturated rings. The van der Waals surface area contributed by atoms with E-state index >= 15 is 0 Å². The summed E-state index contributed by atoms with van der Waals surface area (Å²) < 4.78 is 1.96. The summed E-state index contributed by atoms with van der Waals surface area (Å²) in [5.74, 6) is 0.0118. The van der Waals surface area contributed by atoms with E-state index in [1.165, 1.54) is 5.56 Å². The lowest BCUT2D eigenvalue weighted by molar-refractivity contribution is -0.121. The molecule has 0 aliphatic heterocycles. The van der Waals surface area contributed by atoms with Crippen molar-refractivity contribution in [1.82, 2.24) is 15.2 Å². The standard InChI is InChI=1S/C16H22ClN3O/c1-4-18-16(21)10-20-9-12(8-19-11(2)3)14-6-5-13(17)7-15(14)20/h5-7,9,11,19H,4,8,10H2,1-3H3,(H,18,21). The van der Waals surface area contributed by atoms with Crippen LogP contribution in [-0.2, 0) is 17.9 Å². The molecule has 0 spiro atoms. The third kappa shape index (κ3) is 3.99. The minimum atomic E-state index is 0.0118. The number of hydrogen-bond donors (Lipinski definition) is 2. The van der Waals surface area contributed by atoms with E-state index in [2.05, 4.69) is 24.5 Å². The quantitative estimate of drug-likeness (QED) is 0.862. The third-order valence-corrected chi connectivity index (χ3v) is 3.55. The zero-order valence-electron chi connectivity index (χ0n) is 12.7. The highest BCUT2D eigenvalue weighted by molar-refractivity contribution is 6.31. The van der Waals surface area contributed by atoms with Gasteiger partial charge >= 0.3 is 0 Å². The largest absolute Gasteiger partial charge is 0.355 e. The van der Waals surface area contributed by atoms with Crippen molar-refractivity contribution in [1.29, 1.82) is 0 Å². The maximum absolute atomic E-state index is 11.8. The van der Waals surface area contributed by atoms with E-state index < -0.39 is 0 Å². The molecule has 0 saturated carbocycles. The van der Waals surface area contributed by atoms with Crippen LogP contribution in [0, 0.1) is 0 Å². The fraction of sp³-hybridized carbons (Fsp3) is 0.438. The van der Waals surface area contributed by atoms with Crippen molar-refractivity contribution in [3.63, 3.8) is 0 Å². The smallest absolute Gasteiger partial charge is 0.239 e. The maximum Gasteiger partial charge on any atom is 0.239 e. The molecule has 114 valence electrons. The van der Waals surface area contributed by atoms with Crippen molar-refractivity contribution in [3.05, 3.63) is 35.0 Å². The van der Waals surface area contributed by atoms with Gasteiger partial charge in [-0.15, -0.1) is 0 Å². The van der Waals surface area contributed by atoms with Crippen LogP contribution >= 0.6 is 11.6 Å². The molecular formula is C16H22ClN3O. The van der Waals surface area contributed by atoms with Gasteiger partial charge in [0.15, 0.2) is 0 Å². The Kier molecular flexibility index (Phi) is 5.26. The molecule has 1 aromatic heterocycles. The fourth-order valence-corrected chi connectivity index (χ4v) is 2.50. The summed E-state index contributed by atoms with van der Waals surface area (Å²) >= 11 is 6.10. The second kappa shape index (κ2) is 6.96. The molecule has 1 heterocycles. The molecule has 5 heteroatoms. The lowest BCUT2D eigenvalue weighted by atomic mass is 10.1. The Morgan fingerprint density at radius 3 is 2.81 bits per heavy atom. The Morgan fingerprint density at radius 2 is 2.14 bits per heavy atom. The van der Waals surface area contributed by atoms with Gasteiger partial charge in [-0.2, -0.15) is 0 Å². The first-order chi connectivity index (χ1) is 10.0. The highest BCUT2D eigenvalue weighted by atomic mass is 35.5. The van der Waals surface area contributed by atoms with Crippen molar-refractivity contribution in [2.24, 2.45) is 0 Å². The van der Waals surface area contributed by atoms with Gasteiger partial charge in [-0.25, -0.2) is 0 Å². The van der Waals surface area contributed by atoms with Gasteiger partial charge in [-0.3, -0.25) is 4.79 Å². The number of aromatic nitrogens is 1. The molecule has 0 radical (unpaired) electrons. The number of carbonyl (C=O) groups is 1. The van der Waals surface area contributed by atoms with Gasteiger partial charge in [0, 0.05) is 35.7 Å². The van der Waals surface area contributed by atoms with Crippen LogP contribution in [0.2, 0.25) is 5.02 Å². The Labute approximate surface area is 130 Å². The van der Waals surface area contributed by atoms with E-state index in [1.807, 2.05) is 35.9 Å². The number of fused-ring (bicyclic) bond motifs is 1. The van der Waals surface area contributed by atoms with Gasteiger partial charge < -0.3 is 15.2 Å². The van der Waals surface area contributed by atoms with Crippen molar-refractivity contribution in [2.45, 2.75) is 39.9 Å². The van der Waals surface area contributed by atoms with Gasteiger partial charge in [0.2, 0.25) is 5.91 Å². The number of rotatable bonds is 6. The van der Waals surface area contributed by atoms with E-state index in [1.54, 1.807) is 0 Å². The Morgan fingerprint density at radius 1 is 1.38 bits per heavy atom. The summed E-state index contributed by atoms with van der Waals surface area (Å²) in [7, 11) is 0. The zero-order valence-corrected chi connectivity index (χ0v) is 13.5. The molecule has 2 N–H and O–H groups in total. The molecule has 1 amide bonds. The molecule has 0 unspecified atom stereocenters. The number of hydrogen-bond acceptors (Lipinski definition) is 2. The summed E-state index contributed by atoms with van der Waals surface area (Å²) in [6.45, 7) is 7.88. The molecule has 2 rings (SSSR count). The normalized spacial score (nSPS) is 11.3. The topological polar surface area (TPSA) is 46.1 Å². The summed E-state index contributed by atoms with van der Waals surface area (Å²) in [5, 5.41) is 8.06. The van der Waals surface area contributed by atoms with Gasteiger partial charge in [0.1, 0.15) is 6.54 Å². The summed E-state index contributed by atoms with van der Waals surface area (Å²) in [5.41, 5.74) is 2.17. The molecule has 4 nitrogen and oxygen atoms in total. The van der Waals surface area contributed by atoms with E-state index in [9.17, 15) is 4.79 Å². The molecule has 2 aromatic rings. The zero-order chi connectivity index (χ0) is 15.4. The van der Waals surface area contributed by atoms with Crippen LogP contribution in [0.3, 0.4) is 0 Å². The Hall–Kier alpha value is -1.52. The van der Waals surface area contributed by atoms with Gasteiger partial charge in [0.05, 0.1) is 5.52 Å². The number of nitrogens with one attached hydrogen (secondary N) is 2. The molecule has 0 aliphatic carbocycles. The fourth-order valence-electron chi connectivity index (χ4n) is 2.33. The van der Waals surface area contributed by atoms with Crippen LogP contribution in [0.1, 0.15) is 26.3 Å². The summed E-state index contributed by atoms with van der Waals surface area (Å²) in [6, 6.07) is 6.23. The Bertz CT molecular complexity index is 634. The van der Waals surface area contributed by atoms with Crippen LogP contribution in [-0.4, -0.2) is 23.1 Å². The van der Waals surface area contributed by atoms with Gasteiger partial charge in [0.25, 0.3) is 0 Å². The van der Waals surface area contributed by atoms with Gasteiger partial charge in [-0.05, 0) is 24.6 Å². The monoisotopic (exact) mass is 307 g/mol. The van der Waals surface area contributed by atoms with E-state index in [4.69, 9.17) is 11.6 Å². The van der Waals surface area contributed by atoms with Crippen LogP contribution in [0.15, 0.2) is 24.4 Å². The number of carbonyl (C=O) groups excluding carboxylic acids is 1. The Balaban J connectivity index is 2.34. The number of likely N-dealkylation sites (N-methyl/N-ethyl adjacent to an activating group) is 1. The molecule has 1 aromatic carbocycles. The van der Waals surface area contributed by atoms with E-state index in [0.29, 0.717) is 24.2 Å². The third-order valence-electron chi connectivity index (χ3n) is 3.32. The molecular weight excluding hydrogens is 286 g/mol. The van der Waals surface area contributed by atoms with Crippen LogP contribution in [0.4, 0.5) is 0 Å². The van der Waals surface area contributed by atoms with Crippen molar-refractivity contribution in [3.8, 4) is 0 Å². The molecule has 0 bridgehead atoms. The molecule has 0 aliphatic rings. The number of nitrogens with zero attached hydrogens (tertiary/aromatic N) is 1. The molecule has 0 atom stereocenters.